The van der Waals surface area contributed by atoms with E-state index in [-0.39, 0.29) is 18.5 Å². The third kappa shape index (κ3) is 3.40. The maximum atomic E-state index is 11.9. The molecule has 0 aliphatic carbocycles. The highest BCUT2D eigenvalue weighted by Crippen LogP contribution is 2.15. The number of amides is 1. The molecule has 1 fully saturated rings. The highest BCUT2D eigenvalue weighted by atomic mass is 16.2. The fourth-order valence-corrected chi connectivity index (χ4v) is 2.27. The number of hydrogen-bond acceptors (Lipinski definition) is 3. The van der Waals surface area contributed by atoms with Gasteiger partial charge in [0.25, 0.3) is 0 Å². The molecule has 96 valence electrons. The quantitative estimate of drug-likeness (QED) is 0.822. The molecule has 1 atom stereocenters. The Kier molecular flexibility index (Phi) is 4.47. The Morgan fingerprint density at radius 3 is 2.83 bits per heavy atom. The van der Waals surface area contributed by atoms with E-state index in [0.29, 0.717) is 0 Å². The van der Waals surface area contributed by atoms with Crippen LogP contribution in [0.1, 0.15) is 19.3 Å². The molecule has 1 unspecified atom stereocenters. The minimum absolute atomic E-state index is 0.0602. The van der Waals surface area contributed by atoms with E-state index in [0.717, 1.165) is 37.8 Å². The number of nitrogens with zero attached hydrogens (tertiary/aromatic N) is 1. The highest BCUT2D eigenvalue weighted by Gasteiger charge is 2.23. The molecule has 2 rings (SSSR count). The summed E-state index contributed by atoms with van der Waals surface area (Å²) in [6, 6.07) is 9.27. The first kappa shape index (κ1) is 12.8. The lowest BCUT2D eigenvalue weighted by Crippen LogP contribution is -2.44. The van der Waals surface area contributed by atoms with Crippen LogP contribution in [0.15, 0.2) is 30.3 Å². The van der Waals surface area contributed by atoms with E-state index in [4.69, 9.17) is 0 Å². The first-order chi connectivity index (χ1) is 8.79. The van der Waals surface area contributed by atoms with Crippen LogP contribution in [0, 0.1) is 0 Å². The van der Waals surface area contributed by atoms with Crippen LogP contribution in [-0.2, 0) is 9.59 Å². The molecule has 1 N–H and O–H groups in total. The second-order valence-electron chi connectivity index (χ2n) is 4.58. The summed E-state index contributed by atoms with van der Waals surface area (Å²) in [5, 5.41) is 2.84. The molecule has 18 heavy (non-hydrogen) atoms. The molecule has 1 saturated heterocycles. The van der Waals surface area contributed by atoms with Crippen molar-refractivity contribution in [3.05, 3.63) is 30.3 Å². The van der Waals surface area contributed by atoms with Gasteiger partial charge in [-0.15, -0.1) is 0 Å². The molecule has 1 aliphatic heterocycles. The van der Waals surface area contributed by atoms with Gasteiger partial charge in [0.2, 0.25) is 5.91 Å². The maximum absolute atomic E-state index is 11.9. The summed E-state index contributed by atoms with van der Waals surface area (Å²) in [4.78, 5) is 24.8. The summed E-state index contributed by atoms with van der Waals surface area (Å²) in [7, 11) is 0. The predicted octanol–water partition coefficient (Wildman–Crippen LogP) is 1.68. The van der Waals surface area contributed by atoms with Crippen LogP contribution in [0.5, 0.6) is 0 Å². The van der Waals surface area contributed by atoms with Crippen molar-refractivity contribution in [1.82, 2.24) is 4.90 Å². The van der Waals surface area contributed by atoms with E-state index in [1.807, 2.05) is 35.2 Å². The Hall–Kier alpha value is -1.68. The lowest BCUT2D eigenvalue weighted by atomic mass is 10.0. The maximum Gasteiger partial charge on any atom is 0.238 e. The molecule has 0 bridgehead atoms. The van der Waals surface area contributed by atoms with E-state index < -0.39 is 0 Å². The highest BCUT2D eigenvalue weighted by molar-refractivity contribution is 5.92. The number of carbonyl (C=O) groups is 2. The number of carbonyl (C=O) groups excluding carboxylic acids is 2. The number of rotatable bonds is 4. The zero-order valence-electron chi connectivity index (χ0n) is 10.3. The van der Waals surface area contributed by atoms with Crippen LogP contribution < -0.4 is 5.32 Å². The summed E-state index contributed by atoms with van der Waals surface area (Å²) >= 11 is 0. The lowest BCUT2D eigenvalue weighted by molar-refractivity contribution is -0.120. The first-order valence-corrected chi connectivity index (χ1v) is 6.34. The third-order valence-electron chi connectivity index (χ3n) is 3.23. The SMILES string of the molecule is O=CC1CCCCN1CC(=O)Nc1ccccc1. The fraction of sp³-hybridized carbons (Fsp3) is 0.429. The molecule has 1 aliphatic rings. The zero-order chi connectivity index (χ0) is 12.8. The Morgan fingerprint density at radius 2 is 2.11 bits per heavy atom. The largest absolute Gasteiger partial charge is 0.325 e. The molecule has 4 heteroatoms. The molecule has 4 nitrogen and oxygen atoms in total. The van der Waals surface area contributed by atoms with Gasteiger partial charge in [0.1, 0.15) is 6.29 Å². The van der Waals surface area contributed by atoms with Crippen molar-refractivity contribution in [2.24, 2.45) is 0 Å². The van der Waals surface area contributed by atoms with Gasteiger partial charge in [-0.05, 0) is 31.5 Å². The number of nitrogens with one attached hydrogen (secondary N) is 1. The van der Waals surface area contributed by atoms with Crippen molar-refractivity contribution in [3.63, 3.8) is 0 Å². The normalized spacial score (nSPS) is 20.3. The van der Waals surface area contributed by atoms with Crippen LogP contribution in [0.2, 0.25) is 0 Å². The summed E-state index contributed by atoms with van der Waals surface area (Å²) in [6.07, 6.45) is 3.94. The van der Waals surface area contributed by atoms with E-state index in [1.165, 1.54) is 0 Å². The van der Waals surface area contributed by atoms with Crippen molar-refractivity contribution >= 4 is 17.9 Å². The van der Waals surface area contributed by atoms with Crippen LogP contribution in [-0.4, -0.2) is 36.2 Å². The minimum atomic E-state index is -0.0970. The average Bonchev–Trinajstić information content (AvgIpc) is 2.40. The number of aldehydes is 1. The summed E-state index contributed by atoms with van der Waals surface area (Å²) in [5.41, 5.74) is 0.794. The van der Waals surface area contributed by atoms with Gasteiger partial charge in [0.05, 0.1) is 12.6 Å². The van der Waals surface area contributed by atoms with Crippen LogP contribution >= 0.6 is 0 Å². The number of benzene rings is 1. The molecule has 0 saturated carbocycles. The molecule has 1 heterocycles. The number of hydrogen-bond donors (Lipinski definition) is 1. The fourth-order valence-electron chi connectivity index (χ4n) is 2.27. The van der Waals surface area contributed by atoms with Gasteiger partial charge in [-0.3, -0.25) is 9.69 Å². The summed E-state index contributed by atoms with van der Waals surface area (Å²) in [5.74, 6) is -0.0602. The topological polar surface area (TPSA) is 49.4 Å². The van der Waals surface area contributed by atoms with Gasteiger partial charge < -0.3 is 10.1 Å². The summed E-state index contributed by atoms with van der Waals surface area (Å²) < 4.78 is 0. The second-order valence-corrected chi connectivity index (χ2v) is 4.58. The second kappa shape index (κ2) is 6.31. The molecule has 0 spiro atoms. The molecule has 1 amide bonds. The van der Waals surface area contributed by atoms with Gasteiger partial charge in [0, 0.05) is 5.69 Å². The summed E-state index contributed by atoms with van der Waals surface area (Å²) in [6.45, 7) is 1.11. The van der Waals surface area contributed by atoms with E-state index in [2.05, 4.69) is 5.32 Å². The number of para-hydroxylation sites is 1. The van der Waals surface area contributed by atoms with Crippen molar-refractivity contribution in [2.75, 3.05) is 18.4 Å². The first-order valence-electron chi connectivity index (χ1n) is 6.34. The van der Waals surface area contributed by atoms with Crippen LogP contribution in [0.4, 0.5) is 5.69 Å². The third-order valence-corrected chi connectivity index (χ3v) is 3.23. The van der Waals surface area contributed by atoms with Crippen molar-refractivity contribution in [2.45, 2.75) is 25.3 Å². The van der Waals surface area contributed by atoms with Crippen LogP contribution in [0.25, 0.3) is 0 Å². The van der Waals surface area contributed by atoms with Crippen molar-refractivity contribution in [3.8, 4) is 0 Å². The van der Waals surface area contributed by atoms with E-state index in [1.54, 1.807) is 0 Å². The van der Waals surface area contributed by atoms with Gasteiger partial charge in [-0.1, -0.05) is 24.6 Å². The number of anilines is 1. The molecular weight excluding hydrogens is 228 g/mol. The van der Waals surface area contributed by atoms with Gasteiger partial charge >= 0.3 is 0 Å². The van der Waals surface area contributed by atoms with Gasteiger partial charge in [-0.2, -0.15) is 0 Å². The Morgan fingerprint density at radius 1 is 1.33 bits per heavy atom. The minimum Gasteiger partial charge on any atom is -0.325 e. The smallest absolute Gasteiger partial charge is 0.238 e. The Labute approximate surface area is 107 Å². The van der Waals surface area contributed by atoms with Crippen molar-refractivity contribution < 1.29 is 9.59 Å². The van der Waals surface area contributed by atoms with E-state index in [9.17, 15) is 9.59 Å². The predicted molar refractivity (Wildman–Crippen MR) is 70.3 cm³/mol. The molecule has 0 aromatic heterocycles. The number of piperidine rings is 1. The average molecular weight is 246 g/mol. The lowest BCUT2D eigenvalue weighted by Gasteiger charge is -2.31. The number of likely N-dealkylation sites (tertiary alicyclic amines) is 1. The van der Waals surface area contributed by atoms with E-state index >= 15 is 0 Å². The Balaban J connectivity index is 1.88. The van der Waals surface area contributed by atoms with Crippen molar-refractivity contribution in [1.29, 1.82) is 0 Å². The van der Waals surface area contributed by atoms with Gasteiger partial charge in [0.15, 0.2) is 0 Å². The molecule has 0 radical (unpaired) electrons. The molecule has 1 aromatic rings. The molecule has 1 aromatic carbocycles. The monoisotopic (exact) mass is 246 g/mol. The standard InChI is InChI=1S/C14H18N2O2/c17-11-13-8-4-5-9-16(13)10-14(18)15-12-6-2-1-3-7-12/h1-3,6-7,11,13H,4-5,8-10H2,(H,15,18). The molecular formula is C14H18N2O2. The van der Waals surface area contributed by atoms with Gasteiger partial charge in [-0.25, -0.2) is 0 Å². The zero-order valence-corrected chi connectivity index (χ0v) is 10.3. The Bertz CT molecular complexity index is 406. The van der Waals surface area contributed by atoms with Crippen LogP contribution in [0.3, 0.4) is 0 Å².